The first-order chi connectivity index (χ1) is 11.6. The molecule has 2 heterocycles. The lowest BCUT2D eigenvalue weighted by molar-refractivity contribution is 0.00719. The lowest BCUT2D eigenvalue weighted by Crippen LogP contribution is -2.47. The van der Waals surface area contributed by atoms with E-state index >= 15 is 0 Å². The van der Waals surface area contributed by atoms with Crippen LogP contribution in [0.15, 0.2) is 37.1 Å². The van der Waals surface area contributed by atoms with Crippen molar-refractivity contribution in [1.82, 2.24) is 25.2 Å². The number of hydrogen-bond acceptors (Lipinski definition) is 4. The number of pyridine rings is 1. The van der Waals surface area contributed by atoms with Crippen LogP contribution in [0.3, 0.4) is 0 Å². The van der Waals surface area contributed by atoms with Crippen molar-refractivity contribution in [2.24, 2.45) is 0 Å². The van der Waals surface area contributed by atoms with Crippen molar-refractivity contribution < 1.29 is 9.90 Å². The van der Waals surface area contributed by atoms with Gasteiger partial charge in [-0.15, -0.1) is 0 Å². The minimum atomic E-state index is -0.746. The molecule has 0 atom stereocenters. The van der Waals surface area contributed by atoms with Crippen LogP contribution < -0.4 is 10.6 Å². The summed E-state index contributed by atoms with van der Waals surface area (Å²) in [5.74, 6) is 0.778. The average molecular weight is 329 g/mol. The molecular formula is C17H23N5O2. The zero-order valence-electron chi connectivity index (χ0n) is 13.6. The number of imidazole rings is 1. The molecule has 0 spiro atoms. The fourth-order valence-electron chi connectivity index (χ4n) is 2.94. The number of nitrogens with zero attached hydrogens (tertiary/aromatic N) is 3. The van der Waals surface area contributed by atoms with Gasteiger partial charge in [0.1, 0.15) is 12.1 Å². The van der Waals surface area contributed by atoms with E-state index in [1.165, 1.54) is 0 Å². The van der Waals surface area contributed by atoms with Crippen molar-refractivity contribution in [3.05, 3.63) is 42.6 Å². The molecule has 0 unspecified atom stereocenters. The summed E-state index contributed by atoms with van der Waals surface area (Å²) < 4.78 is 1.81. The van der Waals surface area contributed by atoms with E-state index < -0.39 is 5.60 Å². The lowest BCUT2D eigenvalue weighted by atomic mass is 9.85. The number of rotatable bonds is 5. The summed E-state index contributed by atoms with van der Waals surface area (Å²) in [5, 5.41) is 15.9. The molecular weight excluding hydrogens is 306 g/mol. The topological polar surface area (TPSA) is 92.1 Å². The fraction of sp³-hybridized carbons (Fsp3) is 0.471. The Morgan fingerprint density at radius 2 is 2.08 bits per heavy atom. The van der Waals surface area contributed by atoms with Crippen LogP contribution >= 0.6 is 0 Å². The minimum absolute atomic E-state index is 0.271. The molecule has 2 aromatic rings. The molecule has 3 rings (SSSR count). The van der Waals surface area contributed by atoms with Crippen LogP contribution in [0.2, 0.25) is 0 Å². The summed E-state index contributed by atoms with van der Waals surface area (Å²) in [5.41, 5.74) is 0.161. The minimum Gasteiger partial charge on any atom is -0.388 e. The highest BCUT2D eigenvalue weighted by Crippen LogP contribution is 2.27. The molecule has 2 amide bonds. The number of nitrogens with one attached hydrogen (secondary N) is 2. The molecule has 0 bridgehead atoms. The van der Waals surface area contributed by atoms with E-state index in [1.807, 2.05) is 22.9 Å². The van der Waals surface area contributed by atoms with Crippen LogP contribution in [0.5, 0.6) is 0 Å². The van der Waals surface area contributed by atoms with Gasteiger partial charge in [0, 0.05) is 31.7 Å². The fourth-order valence-corrected chi connectivity index (χ4v) is 2.94. The first kappa shape index (κ1) is 16.4. The van der Waals surface area contributed by atoms with Crippen LogP contribution in [-0.2, 0) is 6.54 Å². The Morgan fingerprint density at radius 3 is 2.75 bits per heavy atom. The third-order valence-electron chi connectivity index (χ3n) is 4.39. The van der Waals surface area contributed by atoms with E-state index in [9.17, 15) is 9.90 Å². The van der Waals surface area contributed by atoms with E-state index in [-0.39, 0.29) is 6.03 Å². The number of amides is 2. The van der Waals surface area contributed by atoms with Crippen LogP contribution in [0.4, 0.5) is 4.79 Å². The number of urea groups is 1. The van der Waals surface area contributed by atoms with E-state index in [2.05, 4.69) is 20.6 Å². The third-order valence-corrected chi connectivity index (χ3v) is 4.39. The maximum absolute atomic E-state index is 11.9. The maximum atomic E-state index is 11.9. The summed E-state index contributed by atoms with van der Waals surface area (Å²) >= 11 is 0. The SMILES string of the molecule is O=C(NCc1ccc(-n2ccnc2)nc1)NCC1(O)CCCCC1. The lowest BCUT2D eigenvalue weighted by Gasteiger charge is -2.32. The Kier molecular flexibility index (Phi) is 5.10. The molecule has 2 aromatic heterocycles. The van der Waals surface area contributed by atoms with Gasteiger partial charge >= 0.3 is 6.03 Å². The monoisotopic (exact) mass is 329 g/mol. The van der Waals surface area contributed by atoms with Gasteiger partial charge in [-0.25, -0.2) is 14.8 Å². The molecule has 1 aliphatic carbocycles. The Morgan fingerprint density at radius 1 is 1.25 bits per heavy atom. The molecule has 24 heavy (non-hydrogen) atoms. The molecule has 0 aromatic carbocycles. The van der Waals surface area contributed by atoms with Crippen LogP contribution in [0.1, 0.15) is 37.7 Å². The van der Waals surface area contributed by atoms with E-state index in [0.717, 1.165) is 43.5 Å². The summed E-state index contributed by atoms with van der Waals surface area (Å²) in [6, 6.07) is 3.52. The first-order valence-corrected chi connectivity index (χ1v) is 8.32. The number of aliphatic hydroxyl groups is 1. The molecule has 1 fully saturated rings. The Balaban J connectivity index is 1.44. The second-order valence-corrected chi connectivity index (χ2v) is 6.32. The molecule has 0 radical (unpaired) electrons. The van der Waals surface area contributed by atoms with Crippen molar-refractivity contribution in [2.45, 2.75) is 44.2 Å². The number of carbonyl (C=O) groups is 1. The summed E-state index contributed by atoms with van der Waals surface area (Å²) in [6.45, 7) is 0.693. The molecule has 7 heteroatoms. The molecule has 1 saturated carbocycles. The predicted molar refractivity (Wildman–Crippen MR) is 89.6 cm³/mol. The van der Waals surface area contributed by atoms with Gasteiger partial charge in [-0.1, -0.05) is 25.3 Å². The van der Waals surface area contributed by atoms with Gasteiger partial charge in [0.15, 0.2) is 0 Å². The van der Waals surface area contributed by atoms with Crippen molar-refractivity contribution in [1.29, 1.82) is 0 Å². The summed E-state index contributed by atoms with van der Waals surface area (Å²) in [7, 11) is 0. The van der Waals surface area contributed by atoms with Gasteiger partial charge in [-0.2, -0.15) is 0 Å². The van der Waals surface area contributed by atoms with E-state index in [0.29, 0.717) is 13.1 Å². The van der Waals surface area contributed by atoms with Crippen molar-refractivity contribution in [2.75, 3.05) is 6.54 Å². The highest BCUT2D eigenvalue weighted by molar-refractivity contribution is 5.73. The van der Waals surface area contributed by atoms with Gasteiger partial charge in [-0.3, -0.25) is 4.57 Å². The van der Waals surface area contributed by atoms with Gasteiger partial charge in [0.2, 0.25) is 0 Å². The number of carbonyl (C=O) groups excluding carboxylic acids is 1. The number of aromatic nitrogens is 3. The number of hydrogen-bond donors (Lipinski definition) is 3. The highest BCUT2D eigenvalue weighted by Gasteiger charge is 2.29. The third kappa shape index (κ3) is 4.32. The second kappa shape index (κ2) is 7.44. The van der Waals surface area contributed by atoms with Crippen LogP contribution in [0.25, 0.3) is 5.82 Å². The molecule has 1 aliphatic rings. The van der Waals surface area contributed by atoms with Gasteiger partial charge in [-0.05, 0) is 24.5 Å². The van der Waals surface area contributed by atoms with E-state index in [1.54, 1.807) is 18.7 Å². The Labute approximate surface area is 141 Å². The van der Waals surface area contributed by atoms with Crippen LogP contribution in [0, 0.1) is 0 Å². The Bertz CT molecular complexity index is 648. The smallest absolute Gasteiger partial charge is 0.315 e. The standard InChI is InChI=1S/C17H23N5O2/c23-16(21-12-17(24)6-2-1-3-7-17)20-11-14-4-5-15(19-10-14)22-9-8-18-13-22/h4-5,8-10,13,24H,1-3,6-7,11-12H2,(H2,20,21,23). The predicted octanol–water partition coefficient (Wildman–Crippen LogP) is 1.76. The van der Waals surface area contributed by atoms with Crippen LogP contribution in [-0.4, -0.2) is 37.8 Å². The zero-order chi connectivity index (χ0) is 16.8. The molecule has 3 N–H and O–H groups in total. The van der Waals surface area contributed by atoms with Gasteiger partial charge in [0.05, 0.1) is 5.60 Å². The normalized spacial score (nSPS) is 16.5. The quantitative estimate of drug-likeness (QED) is 0.779. The molecule has 0 saturated heterocycles. The van der Waals surface area contributed by atoms with Crippen molar-refractivity contribution in [3.63, 3.8) is 0 Å². The molecule has 7 nitrogen and oxygen atoms in total. The van der Waals surface area contributed by atoms with E-state index in [4.69, 9.17) is 0 Å². The Hall–Kier alpha value is -2.41. The zero-order valence-corrected chi connectivity index (χ0v) is 13.6. The van der Waals surface area contributed by atoms with Crippen molar-refractivity contribution in [3.8, 4) is 5.82 Å². The molecule has 0 aliphatic heterocycles. The highest BCUT2D eigenvalue weighted by atomic mass is 16.3. The second-order valence-electron chi connectivity index (χ2n) is 6.32. The largest absolute Gasteiger partial charge is 0.388 e. The summed E-state index contributed by atoms with van der Waals surface area (Å²) in [6.07, 6.45) is 11.7. The van der Waals surface area contributed by atoms with Gasteiger partial charge in [0.25, 0.3) is 0 Å². The molecule has 128 valence electrons. The summed E-state index contributed by atoms with van der Waals surface area (Å²) in [4.78, 5) is 20.2. The van der Waals surface area contributed by atoms with Crippen molar-refractivity contribution >= 4 is 6.03 Å². The first-order valence-electron chi connectivity index (χ1n) is 8.32. The average Bonchev–Trinajstić information content (AvgIpc) is 3.14. The van der Waals surface area contributed by atoms with Gasteiger partial charge < -0.3 is 15.7 Å². The maximum Gasteiger partial charge on any atom is 0.315 e.